The van der Waals surface area contributed by atoms with Crippen LogP contribution < -0.4 is 5.32 Å². The normalized spacial score (nSPS) is 18.4. The van der Waals surface area contributed by atoms with Gasteiger partial charge in [0.2, 0.25) is 0 Å². The number of carbonyl (C=O) groups is 1. The van der Waals surface area contributed by atoms with Gasteiger partial charge in [-0.3, -0.25) is 4.79 Å². The molecule has 0 unspecified atom stereocenters. The highest BCUT2D eigenvalue weighted by Crippen LogP contribution is 2.46. The number of piperidine rings is 1. The molecule has 0 bridgehead atoms. The number of thiophene rings is 1. The van der Waals surface area contributed by atoms with Crippen molar-refractivity contribution in [2.75, 3.05) is 20.1 Å². The van der Waals surface area contributed by atoms with Gasteiger partial charge in [0.15, 0.2) is 0 Å². The zero-order chi connectivity index (χ0) is 17.6. The Morgan fingerprint density at radius 1 is 1.23 bits per heavy atom. The Bertz CT molecular complexity index is 808. The van der Waals surface area contributed by atoms with Gasteiger partial charge < -0.3 is 10.2 Å². The third kappa shape index (κ3) is 3.30. The topological polar surface area (TPSA) is 32.3 Å². The summed E-state index contributed by atoms with van der Waals surface area (Å²) in [5.41, 5.74) is 4.15. The van der Waals surface area contributed by atoms with Crippen LogP contribution >= 0.6 is 23.7 Å². The summed E-state index contributed by atoms with van der Waals surface area (Å²) in [4.78, 5) is 17.2. The number of fused-ring (bicyclic) bond motifs is 3. The van der Waals surface area contributed by atoms with Gasteiger partial charge in [-0.1, -0.05) is 38.1 Å². The third-order valence-corrected chi connectivity index (χ3v) is 6.93. The molecule has 0 saturated carbocycles. The second-order valence-electron chi connectivity index (χ2n) is 7.97. The second-order valence-corrected chi connectivity index (χ2v) is 9.02. The Morgan fingerprint density at radius 2 is 1.92 bits per heavy atom. The van der Waals surface area contributed by atoms with E-state index in [0.717, 1.165) is 37.2 Å². The molecule has 5 heteroatoms. The molecule has 1 fully saturated rings. The predicted molar refractivity (Wildman–Crippen MR) is 112 cm³/mol. The molecule has 1 saturated heterocycles. The molecule has 0 atom stereocenters. The molecule has 2 aliphatic rings. The van der Waals surface area contributed by atoms with E-state index in [9.17, 15) is 4.79 Å². The molecule has 0 radical (unpaired) electrons. The maximum Gasteiger partial charge on any atom is 0.263 e. The summed E-state index contributed by atoms with van der Waals surface area (Å²) in [5, 5.41) is 3.37. The molecule has 1 aliphatic carbocycles. The molecular formula is C21H27ClN2OS. The van der Waals surface area contributed by atoms with Gasteiger partial charge in [0.25, 0.3) is 5.91 Å². The first-order chi connectivity index (χ1) is 12.0. The van der Waals surface area contributed by atoms with Gasteiger partial charge in [-0.15, -0.1) is 23.7 Å². The molecule has 4 rings (SSSR count). The fourth-order valence-electron chi connectivity index (χ4n) is 4.27. The largest absolute Gasteiger partial charge is 0.338 e. The van der Waals surface area contributed by atoms with Crippen molar-refractivity contribution in [3.63, 3.8) is 0 Å². The Labute approximate surface area is 166 Å². The fourth-order valence-corrected chi connectivity index (χ4v) is 5.47. The molecule has 26 heavy (non-hydrogen) atoms. The van der Waals surface area contributed by atoms with Gasteiger partial charge in [-0.25, -0.2) is 0 Å². The van der Waals surface area contributed by atoms with Crippen LogP contribution in [0, 0.1) is 0 Å². The molecule has 1 amide bonds. The zero-order valence-electron chi connectivity index (χ0n) is 15.7. The van der Waals surface area contributed by atoms with Crippen LogP contribution in [0.3, 0.4) is 0 Å². The first-order valence-electron chi connectivity index (χ1n) is 9.18. The summed E-state index contributed by atoms with van der Waals surface area (Å²) in [5.74, 6) is 0.182. The summed E-state index contributed by atoms with van der Waals surface area (Å²) >= 11 is 1.67. The lowest BCUT2D eigenvalue weighted by molar-refractivity contribution is 0.0708. The fraction of sp³-hybridized carbons (Fsp3) is 0.476. The highest BCUT2D eigenvalue weighted by Gasteiger charge is 2.33. The van der Waals surface area contributed by atoms with Crippen LogP contribution in [0.15, 0.2) is 30.3 Å². The number of rotatable bonds is 2. The molecule has 3 nitrogen and oxygen atoms in total. The van der Waals surface area contributed by atoms with Crippen LogP contribution in [0.2, 0.25) is 0 Å². The van der Waals surface area contributed by atoms with E-state index in [-0.39, 0.29) is 23.7 Å². The summed E-state index contributed by atoms with van der Waals surface area (Å²) < 4.78 is 0. The number of hydrogen-bond acceptors (Lipinski definition) is 3. The monoisotopic (exact) mass is 390 g/mol. The molecule has 140 valence electrons. The van der Waals surface area contributed by atoms with Crippen LogP contribution in [0.25, 0.3) is 10.4 Å². The standard InChI is InChI=1S/C21H26N2OS.ClH/c1-21(2)13-14-12-18(20(24)23(3)15-8-10-22-11-9-15)25-19(14)16-6-4-5-7-17(16)21;/h4-7,12,15,22H,8-11,13H2,1-3H3;1H. The Balaban J connectivity index is 0.00000196. The first kappa shape index (κ1) is 19.4. The molecular weight excluding hydrogens is 364 g/mol. The minimum absolute atomic E-state index is 0. The van der Waals surface area contributed by atoms with Crippen molar-refractivity contribution in [1.82, 2.24) is 10.2 Å². The number of hydrogen-bond donors (Lipinski definition) is 1. The van der Waals surface area contributed by atoms with Crippen molar-refractivity contribution >= 4 is 29.7 Å². The van der Waals surface area contributed by atoms with Crippen molar-refractivity contribution in [2.45, 2.75) is 44.6 Å². The van der Waals surface area contributed by atoms with E-state index in [2.05, 4.69) is 49.5 Å². The number of benzene rings is 1. The van der Waals surface area contributed by atoms with Crippen LogP contribution in [0.4, 0.5) is 0 Å². The van der Waals surface area contributed by atoms with Crippen LogP contribution in [0.5, 0.6) is 0 Å². The van der Waals surface area contributed by atoms with Crippen molar-refractivity contribution in [2.24, 2.45) is 0 Å². The average molecular weight is 391 g/mol. The lowest BCUT2D eigenvalue weighted by atomic mass is 9.73. The maximum atomic E-state index is 13.1. The maximum absolute atomic E-state index is 13.1. The summed E-state index contributed by atoms with van der Waals surface area (Å²) in [6, 6.07) is 11.2. The second kappa shape index (κ2) is 7.34. The van der Waals surface area contributed by atoms with Crippen LogP contribution in [-0.2, 0) is 11.8 Å². The Hall–Kier alpha value is -1.36. The SMILES string of the molecule is CN(C(=O)c1cc2c(s1)-c1ccccc1C(C)(C)C2)C1CCNCC1.Cl. The molecule has 2 aromatic rings. The number of amides is 1. The Kier molecular flexibility index (Phi) is 5.48. The van der Waals surface area contributed by atoms with Gasteiger partial charge in [0.05, 0.1) is 4.88 Å². The van der Waals surface area contributed by atoms with E-state index >= 15 is 0 Å². The smallest absolute Gasteiger partial charge is 0.263 e. The highest BCUT2D eigenvalue weighted by molar-refractivity contribution is 7.17. The first-order valence-corrected chi connectivity index (χ1v) is 9.99. The van der Waals surface area contributed by atoms with E-state index in [1.807, 2.05) is 11.9 Å². The molecule has 1 aromatic heterocycles. The van der Waals surface area contributed by atoms with Gasteiger partial charge >= 0.3 is 0 Å². The zero-order valence-corrected chi connectivity index (χ0v) is 17.3. The minimum Gasteiger partial charge on any atom is -0.338 e. The van der Waals surface area contributed by atoms with Gasteiger partial charge in [0.1, 0.15) is 0 Å². The van der Waals surface area contributed by atoms with Crippen molar-refractivity contribution in [3.8, 4) is 10.4 Å². The average Bonchev–Trinajstić information content (AvgIpc) is 3.04. The van der Waals surface area contributed by atoms with Crippen molar-refractivity contribution in [1.29, 1.82) is 0 Å². The predicted octanol–water partition coefficient (Wildman–Crippen LogP) is 4.49. The number of nitrogens with zero attached hydrogens (tertiary/aromatic N) is 1. The quantitative estimate of drug-likeness (QED) is 0.819. The number of nitrogens with one attached hydrogen (secondary N) is 1. The lowest BCUT2D eigenvalue weighted by Crippen LogP contribution is -2.43. The van der Waals surface area contributed by atoms with Crippen LogP contribution in [0.1, 0.15) is 47.5 Å². The van der Waals surface area contributed by atoms with Crippen molar-refractivity contribution < 1.29 is 4.79 Å². The number of carbonyl (C=O) groups excluding carboxylic acids is 1. The molecule has 0 spiro atoms. The molecule has 1 N–H and O–H groups in total. The van der Waals surface area contributed by atoms with Crippen LogP contribution in [-0.4, -0.2) is 37.0 Å². The van der Waals surface area contributed by atoms with Gasteiger partial charge in [-0.05, 0) is 60.5 Å². The van der Waals surface area contributed by atoms with E-state index in [4.69, 9.17) is 0 Å². The highest BCUT2D eigenvalue weighted by atomic mass is 35.5. The summed E-state index contributed by atoms with van der Waals surface area (Å²) in [7, 11) is 1.97. The third-order valence-electron chi connectivity index (χ3n) is 5.73. The summed E-state index contributed by atoms with van der Waals surface area (Å²) in [6.07, 6.45) is 3.09. The molecule has 1 aromatic carbocycles. The molecule has 1 aliphatic heterocycles. The van der Waals surface area contributed by atoms with E-state index in [1.54, 1.807) is 11.3 Å². The van der Waals surface area contributed by atoms with Crippen molar-refractivity contribution in [3.05, 3.63) is 46.3 Å². The van der Waals surface area contributed by atoms with E-state index < -0.39 is 0 Å². The summed E-state index contributed by atoms with van der Waals surface area (Å²) in [6.45, 7) is 6.61. The minimum atomic E-state index is 0. The van der Waals surface area contributed by atoms with E-state index in [1.165, 1.54) is 21.6 Å². The number of halogens is 1. The van der Waals surface area contributed by atoms with Gasteiger partial charge in [-0.2, -0.15) is 0 Å². The van der Waals surface area contributed by atoms with Gasteiger partial charge in [0, 0.05) is 18.0 Å². The Morgan fingerprint density at radius 3 is 2.65 bits per heavy atom. The molecule has 2 heterocycles. The lowest BCUT2D eigenvalue weighted by Gasteiger charge is -2.32. The van der Waals surface area contributed by atoms with E-state index in [0.29, 0.717) is 6.04 Å².